The highest BCUT2D eigenvalue weighted by Gasteiger charge is 2.31. The molecule has 11 nitrogen and oxygen atoms in total. The van der Waals surface area contributed by atoms with Crippen molar-refractivity contribution in [3.8, 4) is 11.1 Å². The van der Waals surface area contributed by atoms with E-state index in [0.717, 1.165) is 27.0 Å². The van der Waals surface area contributed by atoms with Crippen molar-refractivity contribution in [1.82, 2.24) is 15.6 Å². The summed E-state index contributed by atoms with van der Waals surface area (Å²) in [7, 11) is 0. The van der Waals surface area contributed by atoms with Crippen molar-refractivity contribution in [3.05, 3.63) is 88.9 Å². The number of ketones is 1. The Labute approximate surface area is 271 Å². The number of nitrogens with two attached hydrogens (primary N) is 3. The molecule has 0 spiro atoms. The van der Waals surface area contributed by atoms with Crippen molar-refractivity contribution in [2.24, 2.45) is 22.2 Å². The van der Waals surface area contributed by atoms with Crippen LogP contribution in [0.5, 0.6) is 0 Å². The summed E-state index contributed by atoms with van der Waals surface area (Å²) in [5, 5.41) is 5.90. The minimum atomic E-state index is -0.939. The molecule has 5 rings (SSSR count). The van der Waals surface area contributed by atoms with E-state index in [4.69, 9.17) is 21.9 Å². The summed E-state index contributed by atoms with van der Waals surface area (Å²) >= 11 is 1.27. The van der Waals surface area contributed by atoms with Crippen LogP contribution in [-0.2, 0) is 9.53 Å². The number of aliphatic imine (C=N–C) groups is 1. The number of amides is 2. The van der Waals surface area contributed by atoms with Gasteiger partial charge in [-0.15, -0.1) is 11.3 Å². The summed E-state index contributed by atoms with van der Waals surface area (Å²) in [6.45, 7) is 0.850. The van der Waals surface area contributed by atoms with E-state index in [9.17, 15) is 14.4 Å². The van der Waals surface area contributed by atoms with Crippen LogP contribution in [0, 0.1) is 0 Å². The first-order valence-electron chi connectivity index (χ1n) is 15.4. The van der Waals surface area contributed by atoms with Crippen molar-refractivity contribution >= 4 is 45.3 Å². The van der Waals surface area contributed by atoms with Crippen molar-refractivity contribution in [1.29, 1.82) is 0 Å². The first kappa shape index (κ1) is 32.6. The van der Waals surface area contributed by atoms with Crippen molar-refractivity contribution in [2.75, 3.05) is 19.7 Å². The van der Waals surface area contributed by atoms with Crippen LogP contribution in [0.2, 0.25) is 0 Å². The normalized spacial score (nSPS) is 13.3. The number of alkyl carbamates (subject to hydrolysis) is 1. The maximum Gasteiger partial charge on any atom is 0.407 e. The first-order valence-corrected chi connectivity index (χ1v) is 16.2. The van der Waals surface area contributed by atoms with Gasteiger partial charge < -0.3 is 32.6 Å². The molecule has 1 aliphatic carbocycles. The molecular formula is C34H39N7O4S. The summed E-state index contributed by atoms with van der Waals surface area (Å²) < 4.78 is 6.58. The lowest BCUT2D eigenvalue weighted by atomic mass is 9.98. The van der Waals surface area contributed by atoms with Crippen LogP contribution < -0.4 is 27.8 Å². The number of carbonyl (C=O) groups excluding carboxylic acids is 3. The number of aromatic nitrogens is 1. The molecule has 3 aromatic carbocycles. The fourth-order valence-electron chi connectivity index (χ4n) is 5.72. The average molecular weight is 642 g/mol. The average Bonchev–Trinajstić information content (AvgIpc) is 3.64. The summed E-state index contributed by atoms with van der Waals surface area (Å²) in [6, 6.07) is 21.8. The molecule has 0 fully saturated rings. The first-order chi connectivity index (χ1) is 22.4. The molecule has 8 N–H and O–H groups in total. The van der Waals surface area contributed by atoms with Gasteiger partial charge in [-0.25, -0.2) is 9.78 Å². The number of guanidine groups is 1. The minimum Gasteiger partial charge on any atom is -0.449 e. The third kappa shape index (κ3) is 7.88. The lowest BCUT2D eigenvalue weighted by Gasteiger charge is -2.23. The van der Waals surface area contributed by atoms with Gasteiger partial charge in [0.05, 0.1) is 16.3 Å². The number of fused-ring (bicyclic) bond motifs is 4. The zero-order chi connectivity index (χ0) is 32.5. The summed E-state index contributed by atoms with van der Waals surface area (Å²) in [5.74, 6) is -0.984. The Kier molecular flexibility index (Phi) is 10.9. The van der Waals surface area contributed by atoms with Gasteiger partial charge in [0.15, 0.2) is 11.0 Å². The van der Waals surface area contributed by atoms with Gasteiger partial charge in [-0.05, 0) is 73.0 Å². The van der Waals surface area contributed by atoms with Crippen molar-refractivity contribution in [3.63, 3.8) is 0 Å². The SMILES string of the molecule is NCCCC[C@H](NC(=O)OCC1c2ccccc2-c2ccccc21)C(=O)N[C@@H](CCCN=C(N)N)C(=O)c1nc2ccccc2s1. The highest BCUT2D eigenvalue weighted by molar-refractivity contribution is 7.20. The molecule has 1 heterocycles. The maximum absolute atomic E-state index is 13.7. The van der Waals surface area contributed by atoms with Gasteiger partial charge >= 0.3 is 6.09 Å². The highest BCUT2D eigenvalue weighted by Crippen LogP contribution is 2.44. The number of unbranched alkanes of at least 4 members (excludes halogenated alkanes) is 1. The van der Waals surface area contributed by atoms with Crippen LogP contribution in [0.15, 0.2) is 77.8 Å². The van der Waals surface area contributed by atoms with Gasteiger partial charge in [-0.2, -0.15) is 0 Å². The van der Waals surface area contributed by atoms with E-state index in [1.807, 2.05) is 60.7 Å². The molecule has 2 atom stereocenters. The monoisotopic (exact) mass is 641 g/mol. The zero-order valence-corrected chi connectivity index (χ0v) is 26.3. The second-order valence-corrected chi connectivity index (χ2v) is 12.2. The maximum atomic E-state index is 13.7. The molecule has 0 bridgehead atoms. The van der Waals surface area contributed by atoms with Gasteiger partial charge in [0.1, 0.15) is 12.6 Å². The predicted molar refractivity (Wildman–Crippen MR) is 181 cm³/mol. The minimum absolute atomic E-state index is 0.0506. The Balaban J connectivity index is 1.28. The number of hydrogen-bond acceptors (Lipinski definition) is 8. The second-order valence-electron chi connectivity index (χ2n) is 11.2. The number of Topliss-reactive ketones (excluding diaryl/α,β-unsaturated/α-hetero) is 1. The molecular weight excluding hydrogens is 602 g/mol. The summed E-state index contributed by atoms with van der Waals surface area (Å²) in [6.07, 6.45) is 1.59. The lowest BCUT2D eigenvalue weighted by molar-refractivity contribution is -0.123. The van der Waals surface area contributed by atoms with Gasteiger partial charge in [-0.1, -0.05) is 60.7 Å². The Morgan fingerprint density at radius 2 is 1.50 bits per heavy atom. The molecule has 0 radical (unpaired) electrons. The van der Waals surface area contributed by atoms with Gasteiger partial charge in [0.2, 0.25) is 11.7 Å². The Morgan fingerprint density at radius 1 is 0.848 bits per heavy atom. The van der Waals surface area contributed by atoms with Crippen LogP contribution in [0.1, 0.15) is 59.0 Å². The highest BCUT2D eigenvalue weighted by atomic mass is 32.1. The molecule has 0 aliphatic heterocycles. The number of carbonyl (C=O) groups is 3. The van der Waals surface area contributed by atoms with E-state index in [2.05, 4.69) is 32.7 Å². The molecule has 4 aromatic rings. The smallest absolute Gasteiger partial charge is 0.407 e. The van der Waals surface area contributed by atoms with E-state index < -0.39 is 24.1 Å². The number of ether oxygens (including phenoxy) is 1. The summed E-state index contributed by atoms with van der Waals surface area (Å²) in [5.41, 5.74) is 21.7. The van der Waals surface area contributed by atoms with Gasteiger partial charge in [-0.3, -0.25) is 14.6 Å². The molecule has 240 valence electrons. The number of hydrogen-bond donors (Lipinski definition) is 5. The van der Waals surface area contributed by atoms with Gasteiger partial charge in [0.25, 0.3) is 0 Å². The predicted octanol–water partition coefficient (Wildman–Crippen LogP) is 4.05. The number of para-hydroxylation sites is 1. The number of nitrogens with one attached hydrogen (secondary N) is 2. The molecule has 1 aromatic heterocycles. The molecule has 0 unspecified atom stereocenters. The lowest BCUT2D eigenvalue weighted by Crippen LogP contribution is -2.51. The van der Waals surface area contributed by atoms with Crippen LogP contribution in [-0.4, -0.2) is 60.5 Å². The van der Waals surface area contributed by atoms with Crippen LogP contribution in [0.4, 0.5) is 4.79 Å². The molecule has 2 amide bonds. The van der Waals surface area contributed by atoms with Gasteiger partial charge in [0, 0.05) is 12.5 Å². The van der Waals surface area contributed by atoms with Crippen LogP contribution >= 0.6 is 11.3 Å². The quantitative estimate of drug-likeness (QED) is 0.0556. The fourth-order valence-corrected chi connectivity index (χ4v) is 6.68. The number of thiazole rings is 1. The van der Waals surface area contributed by atoms with E-state index in [-0.39, 0.29) is 35.7 Å². The van der Waals surface area contributed by atoms with E-state index in [1.165, 1.54) is 11.3 Å². The third-order valence-electron chi connectivity index (χ3n) is 7.98. The number of nitrogens with zero attached hydrogens (tertiary/aromatic N) is 2. The van der Waals surface area contributed by atoms with E-state index in [0.29, 0.717) is 44.3 Å². The second kappa shape index (κ2) is 15.5. The van der Waals surface area contributed by atoms with Crippen LogP contribution in [0.3, 0.4) is 0 Å². The Hall–Kier alpha value is -4.81. The molecule has 12 heteroatoms. The number of benzene rings is 3. The third-order valence-corrected chi connectivity index (χ3v) is 9.03. The van der Waals surface area contributed by atoms with Crippen LogP contribution in [0.25, 0.3) is 21.3 Å². The molecule has 46 heavy (non-hydrogen) atoms. The Morgan fingerprint density at radius 3 is 2.17 bits per heavy atom. The zero-order valence-electron chi connectivity index (χ0n) is 25.5. The Bertz CT molecular complexity index is 1640. The molecule has 0 saturated carbocycles. The van der Waals surface area contributed by atoms with Crippen molar-refractivity contribution < 1.29 is 19.1 Å². The van der Waals surface area contributed by atoms with Crippen molar-refractivity contribution in [2.45, 2.75) is 50.1 Å². The van der Waals surface area contributed by atoms with E-state index >= 15 is 0 Å². The molecule has 1 aliphatic rings. The largest absolute Gasteiger partial charge is 0.449 e. The topological polar surface area (TPSA) is 188 Å². The molecule has 0 saturated heterocycles. The fraction of sp³-hybridized carbons (Fsp3) is 0.324. The summed E-state index contributed by atoms with van der Waals surface area (Å²) in [4.78, 5) is 48.9. The van der Waals surface area contributed by atoms with E-state index in [1.54, 1.807) is 0 Å². The standard InChI is InChI=1S/C34H39N7O4S/c35-18-8-7-15-28(41-34(44)45-20-25-23-12-3-1-10-21(23)22-11-2-4-13-24(22)25)31(43)39-27(16-9-19-38-33(36)37)30(42)32-40-26-14-5-6-17-29(26)46-32/h1-6,10-14,17,25,27-28H,7-9,15-16,18-20,35H2,(H,39,43)(H,41,44)(H4,36,37,38)/t27-,28-/m0/s1. The number of rotatable bonds is 15.